The Kier molecular flexibility index (Phi) is 4.57. The Bertz CT molecular complexity index is 285. The number of nitrogens with two attached hydrogens (primary N) is 1. The molecule has 1 aliphatic carbocycles. The smallest absolute Gasteiger partial charge is 0.234 e. The Hall–Kier alpha value is -0.870. The van der Waals surface area contributed by atoms with Crippen molar-refractivity contribution >= 4 is 5.91 Å². The first-order valence-electron chi connectivity index (χ1n) is 6.56. The monoisotopic (exact) mass is 238 g/mol. The molecule has 1 amide bonds. The summed E-state index contributed by atoms with van der Waals surface area (Å²) >= 11 is 0. The number of rotatable bonds is 5. The molecule has 1 aliphatic heterocycles. The maximum Gasteiger partial charge on any atom is 0.234 e. The van der Waals surface area contributed by atoms with Crippen LogP contribution in [-0.2, 0) is 9.53 Å². The summed E-state index contributed by atoms with van der Waals surface area (Å²) in [5.41, 5.74) is 5.49. The number of primary amides is 1. The molecular formula is C13H22N2O2. The van der Waals surface area contributed by atoms with Crippen molar-refractivity contribution < 1.29 is 9.53 Å². The first-order valence-corrected chi connectivity index (χ1v) is 6.56. The molecule has 1 heterocycles. The van der Waals surface area contributed by atoms with E-state index in [1.54, 1.807) is 0 Å². The van der Waals surface area contributed by atoms with E-state index in [1.807, 2.05) is 0 Å². The number of carbonyl (C=O) groups is 1. The highest BCUT2D eigenvalue weighted by Gasteiger charge is 2.27. The fourth-order valence-corrected chi connectivity index (χ4v) is 2.68. The van der Waals surface area contributed by atoms with Crippen LogP contribution in [0.25, 0.3) is 0 Å². The molecule has 0 bridgehead atoms. The van der Waals surface area contributed by atoms with Gasteiger partial charge in [0.05, 0.1) is 12.1 Å². The van der Waals surface area contributed by atoms with Crippen LogP contribution in [0.4, 0.5) is 0 Å². The zero-order chi connectivity index (χ0) is 12.1. The highest BCUT2D eigenvalue weighted by molar-refractivity contribution is 5.80. The second-order valence-electron chi connectivity index (χ2n) is 4.97. The van der Waals surface area contributed by atoms with Gasteiger partial charge in [-0.1, -0.05) is 12.2 Å². The van der Waals surface area contributed by atoms with Crippen molar-refractivity contribution in [2.45, 2.75) is 44.2 Å². The molecule has 0 spiro atoms. The fourth-order valence-electron chi connectivity index (χ4n) is 2.68. The second-order valence-corrected chi connectivity index (χ2v) is 4.97. The van der Waals surface area contributed by atoms with Gasteiger partial charge in [0.25, 0.3) is 0 Å². The van der Waals surface area contributed by atoms with E-state index in [2.05, 4.69) is 17.5 Å². The summed E-state index contributed by atoms with van der Waals surface area (Å²) in [6.07, 6.45) is 9.84. The average Bonchev–Trinajstić information content (AvgIpc) is 2.83. The molecule has 0 saturated carbocycles. The number of nitrogens with one attached hydrogen (secondary N) is 1. The molecular weight excluding hydrogens is 216 g/mol. The van der Waals surface area contributed by atoms with Crippen LogP contribution in [0.2, 0.25) is 0 Å². The molecule has 4 nitrogen and oxygen atoms in total. The summed E-state index contributed by atoms with van der Waals surface area (Å²) in [7, 11) is 0. The fraction of sp³-hybridized carbons (Fsp3) is 0.769. The Morgan fingerprint density at radius 3 is 2.94 bits per heavy atom. The van der Waals surface area contributed by atoms with Crippen LogP contribution in [0.15, 0.2) is 12.2 Å². The standard InChI is InChI=1S/C13H22N2O2/c14-13(16)12(10-5-2-1-3-6-10)15-9-11-7-4-8-17-11/h1-2,10-12,15H,3-9H2,(H2,14,16). The van der Waals surface area contributed by atoms with Gasteiger partial charge in [-0.3, -0.25) is 4.79 Å². The van der Waals surface area contributed by atoms with E-state index >= 15 is 0 Å². The zero-order valence-corrected chi connectivity index (χ0v) is 10.2. The van der Waals surface area contributed by atoms with Crippen molar-refractivity contribution in [3.63, 3.8) is 0 Å². The Balaban J connectivity index is 1.83. The van der Waals surface area contributed by atoms with Gasteiger partial charge in [-0.2, -0.15) is 0 Å². The van der Waals surface area contributed by atoms with Crippen molar-refractivity contribution in [2.75, 3.05) is 13.2 Å². The topological polar surface area (TPSA) is 64.4 Å². The van der Waals surface area contributed by atoms with E-state index in [4.69, 9.17) is 10.5 Å². The first-order chi connectivity index (χ1) is 8.27. The third kappa shape index (κ3) is 3.54. The maximum atomic E-state index is 11.5. The summed E-state index contributed by atoms with van der Waals surface area (Å²) in [4.78, 5) is 11.5. The first kappa shape index (κ1) is 12.6. The summed E-state index contributed by atoms with van der Waals surface area (Å²) < 4.78 is 5.54. The predicted octanol–water partition coefficient (Wildman–Crippen LogP) is 0.965. The van der Waals surface area contributed by atoms with E-state index in [0.717, 1.165) is 45.3 Å². The highest BCUT2D eigenvalue weighted by Crippen LogP contribution is 2.22. The second kappa shape index (κ2) is 6.17. The van der Waals surface area contributed by atoms with Gasteiger partial charge in [0.2, 0.25) is 5.91 Å². The Morgan fingerprint density at radius 1 is 1.47 bits per heavy atom. The van der Waals surface area contributed by atoms with Crippen LogP contribution in [0, 0.1) is 5.92 Å². The van der Waals surface area contributed by atoms with Crippen LogP contribution in [0.1, 0.15) is 32.1 Å². The number of hydrogen-bond donors (Lipinski definition) is 2. The van der Waals surface area contributed by atoms with Gasteiger partial charge in [0.15, 0.2) is 0 Å². The number of allylic oxidation sites excluding steroid dienone is 2. The van der Waals surface area contributed by atoms with Crippen LogP contribution >= 0.6 is 0 Å². The van der Waals surface area contributed by atoms with E-state index in [1.165, 1.54) is 0 Å². The van der Waals surface area contributed by atoms with Crippen molar-refractivity contribution in [1.29, 1.82) is 0 Å². The van der Waals surface area contributed by atoms with Crippen LogP contribution in [0.3, 0.4) is 0 Å². The predicted molar refractivity (Wildman–Crippen MR) is 66.4 cm³/mol. The van der Waals surface area contributed by atoms with Crippen LogP contribution in [0.5, 0.6) is 0 Å². The molecule has 96 valence electrons. The summed E-state index contributed by atoms with van der Waals surface area (Å²) in [5.74, 6) is 0.113. The van der Waals surface area contributed by atoms with E-state index in [9.17, 15) is 4.79 Å². The van der Waals surface area contributed by atoms with Gasteiger partial charge >= 0.3 is 0 Å². The third-order valence-corrected chi connectivity index (χ3v) is 3.68. The molecule has 3 atom stereocenters. The molecule has 0 aromatic carbocycles. The van der Waals surface area contributed by atoms with Gasteiger partial charge in [0.1, 0.15) is 0 Å². The van der Waals surface area contributed by atoms with Gasteiger partial charge in [0, 0.05) is 13.2 Å². The molecule has 0 aromatic heterocycles. The van der Waals surface area contributed by atoms with Gasteiger partial charge in [-0.25, -0.2) is 0 Å². The molecule has 1 fully saturated rings. The Morgan fingerprint density at radius 2 is 2.35 bits per heavy atom. The Labute approximate surface area is 103 Å². The third-order valence-electron chi connectivity index (χ3n) is 3.68. The molecule has 3 N–H and O–H groups in total. The molecule has 2 rings (SSSR count). The molecule has 2 aliphatic rings. The van der Waals surface area contributed by atoms with E-state index < -0.39 is 0 Å². The lowest BCUT2D eigenvalue weighted by molar-refractivity contribution is -0.121. The van der Waals surface area contributed by atoms with Crippen molar-refractivity contribution in [3.05, 3.63) is 12.2 Å². The van der Waals surface area contributed by atoms with E-state index in [0.29, 0.717) is 5.92 Å². The van der Waals surface area contributed by atoms with Crippen molar-refractivity contribution in [2.24, 2.45) is 11.7 Å². The molecule has 3 unspecified atom stereocenters. The van der Waals surface area contributed by atoms with Crippen LogP contribution in [-0.4, -0.2) is 31.2 Å². The molecule has 1 saturated heterocycles. The SMILES string of the molecule is NC(=O)C(NCC1CCCO1)C1CC=CCC1. The zero-order valence-electron chi connectivity index (χ0n) is 10.2. The van der Waals surface area contributed by atoms with Crippen molar-refractivity contribution in [1.82, 2.24) is 5.32 Å². The lowest BCUT2D eigenvalue weighted by Gasteiger charge is -2.27. The number of ether oxygens (including phenoxy) is 1. The summed E-state index contributed by atoms with van der Waals surface area (Å²) in [6.45, 7) is 1.59. The minimum Gasteiger partial charge on any atom is -0.377 e. The lowest BCUT2D eigenvalue weighted by Crippen LogP contribution is -2.49. The number of amides is 1. The summed E-state index contributed by atoms with van der Waals surface area (Å²) in [6, 6.07) is -0.204. The summed E-state index contributed by atoms with van der Waals surface area (Å²) in [5, 5.41) is 3.30. The molecule has 17 heavy (non-hydrogen) atoms. The molecule has 0 radical (unpaired) electrons. The van der Waals surface area contributed by atoms with Crippen LogP contribution < -0.4 is 11.1 Å². The normalized spacial score (nSPS) is 30.4. The average molecular weight is 238 g/mol. The minimum atomic E-state index is -0.233. The highest BCUT2D eigenvalue weighted by atomic mass is 16.5. The lowest BCUT2D eigenvalue weighted by atomic mass is 9.87. The van der Waals surface area contributed by atoms with Gasteiger partial charge < -0.3 is 15.8 Å². The molecule has 0 aromatic rings. The minimum absolute atomic E-state index is 0.204. The number of carbonyl (C=O) groups excluding carboxylic acids is 1. The molecule has 4 heteroatoms. The van der Waals surface area contributed by atoms with E-state index in [-0.39, 0.29) is 18.1 Å². The number of hydrogen-bond acceptors (Lipinski definition) is 3. The maximum absolute atomic E-state index is 11.5. The van der Waals surface area contributed by atoms with Gasteiger partial charge in [-0.05, 0) is 38.0 Å². The van der Waals surface area contributed by atoms with Crippen molar-refractivity contribution in [3.8, 4) is 0 Å². The van der Waals surface area contributed by atoms with Gasteiger partial charge in [-0.15, -0.1) is 0 Å². The quantitative estimate of drug-likeness (QED) is 0.701. The largest absolute Gasteiger partial charge is 0.377 e.